The van der Waals surface area contributed by atoms with Gasteiger partial charge in [-0.15, -0.1) is 0 Å². The number of benzene rings is 1. The first-order chi connectivity index (χ1) is 11.5. The molecule has 3 rings (SSSR count). The highest BCUT2D eigenvalue weighted by Gasteiger charge is 2.21. The Balaban J connectivity index is 1.88. The molecule has 1 aromatic heterocycles. The van der Waals surface area contributed by atoms with Gasteiger partial charge in [-0.3, -0.25) is 4.79 Å². The number of aromatic nitrogens is 2. The molecule has 2 heterocycles. The van der Waals surface area contributed by atoms with Crippen molar-refractivity contribution in [2.24, 2.45) is 5.73 Å². The minimum absolute atomic E-state index is 0.117. The number of nitrogens with zero attached hydrogens (tertiary/aromatic N) is 3. The Morgan fingerprint density at radius 3 is 2.88 bits per heavy atom. The monoisotopic (exact) mass is 325 g/mol. The molecule has 6 nitrogen and oxygen atoms in total. The van der Waals surface area contributed by atoms with Crippen LogP contribution in [0.3, 0.4) is 0 Å². The van der Waals surface area contributed by atoms with Crippen molar-refractivity contribution in [1.29, 1.82) is 0 Å². The Labute approximate surface area is 141 Å². The Morgan fingerprint density at radius 1 is 1.33 bits per heavy atom. The summed E-state index contributed by atoms with van der Waals surface area (Å²) in [4.78, 5) is 22.9. The molecule has 1 saturated heterocycles. The molecule has 1 aromatic carbocycles. The van der Waals surface area contributed by atoms with E-state index in [-0.39, 0.29) is 29.8 Å². The molecule has 126 valence electrons. The third kappa shape index (κ3) is 3.54. The predicted molar refractivity (Wildman–Crippen MR) is 95.1 cm³/mol. The van der Waals surface area contributed by atoms with Crippen LogP contribution in [0.5, 0.6) is 0 Å². The zero-order chi connectivity index (χ0) is 17.1. The first-order valence-electron chi connectivity index (χ1n) is 8.24. The number of hydrogen-bond donors (Lipinski definition) is 2. The van der Waals surface area contributed by atoms with E-state index in [9.17, 15) is 4.79 Å². The van der Waals surface area contributed by atoms with Crippen molar-refractivity contribution in [1.82, 2.24) is 9.97 Å². The van der Waals surface area contributed by atoms with Crippen molar-refractivity contribution in [3.05, 3.63) is 47.4 Å². The van der Waals surface area contributed by atoms with Crippen molar-refractivity contribution in [3.63, 3.8) is 0 Å². The fraction of sp³-hybridized carbons (Fsp3) is 0.389. The van der Waals surface area contributed by atoms with E-state index in [0.717, 1.165) is 42.7 Å². The second-order valence-electron chi connectivity index (χ2n) is 6.37. The van der Waals surface area contributed by atoms with Crippen LogP contribution in [0, 0.1) is 6.92 Å². The van der Waals surface area contributed by atoms with E-state index in [4.69, 9.17) is 11.5 Å². The van der Waals surface area contributed by atoms with Gasteiger partial charge in [0.25, 0.3) is 0 Å². The maximum Gasteiger partial charge on any atom is 0.189 e. The third-order valence-electron chi connectivity index (χ3n) is 4.38. The van der Waals surface area contributed by atoms with Crippen molar-refractivity contribution < 1.29 is 4.79 Å². The molecule has 6 heteroatoms. The second kappa shape index (κ2) is 6.97. The highest BCUT2D eigenvalue weighted by Crippen LogP contribution is 2.26. The third-order valence-corrected chi connectivity index (χ3v) is 4.38. The number of carbonyl (C=O) groups is 1. The minimum atomic E-state index is -0.117. The van der Waals surface area contributed by atoms with Crippen LogP contribution in [0.25, 0.3) is 0 Å². The van der Waals surface area contributed by atoms with Crippen LogP contribution >= 0.6 is 0 Å². The molecule has 2 aromatic rings. The number of hydrogen-bond acceptors (Lipinski definition) is 6. The van der Waals surface area contributed by atoms with Crippen LogP contribution in [-0.4, -0.2) is 34.9 Å². The van der Waals surface area contributed by atoms with Gasteiger partial charge in [-0.05, 0) is 31.4 Å². The quantitative estimate of drug-likeness (QED) is 0.831. The molecule has 1 aliphatic heterocycles. The molecule has 0 aliphatic carbocycles. The van der Waals surface area contributed by atoms with Crippen LogP contribution in [0.15, 0.2) is 30.6 Å². The van der Waals surface area contributed by atoms with E-state index in [0.29, 0.717) is 0 Å². The van der Waals surface area contributed by atoms with Gasteiger partial charge in [-0.25, -0.2) is 9.97 Å². The van der Waals surface area contributed by atoms with Gasteiger partial charge in [-0.1, -0.05) is 17.7 Å². The smallest absolute Gasteiger partial charge is 0.189 e. The molecule has 0 amide bonds. The van der Waals surface area contributed by atoms with Gasteiger partial charge in [0.1, 0.15) is 5.69 Å². The molecule has 0 bridgehead atoms. The van der Waals surface area contributed by atoms with E-state index in [1.807, 2.05) is 6.92 Å². The standard InChI is InChI=1S/C18H23N5O/c1-12-4-5-15(23-8-2-3-14(19)11-23)13(9-12)10-16(24)17-18(20)22-7-6-21-17/h4-7,9,14H,2-3,8,10-11,19H2,1H3,(H2,20,22). The van der Waals surface area contributed by atoms with Crippen molar-refractivity contribution in [2.75, 3.05) is 23.7 Å². The maximum atomic E-state index is 12.6. The Kier molecular flexibility index (Phi) is 4.76. The SMILES string of the molecule is Cc1ccc(N2CCCC(N)C2)c(CC(=O)c2nccnc2N)c1. The number of aryl methyl sites for hydroxylation is 1. The molecule has 1 fully saturated rings. The summed E-state index contributed by atoms with van der Waals surface area (Å²) in [6, 6.07) is 6.38. The molecular formula is C18H23N5O. The molecule has 1 atom stereocenters. The van der Waals surface area contributed by atoms with Crippen LogP contribution < -0.4 is 16.4 Å². The number of nitrogen functional groups attached to an aromatic ring is 1. The van der Waals surface area contributed by atoms with Gasteiger partial charge in [0, 0.05) is 43.6 Å². The second-order valence-corrected chi connectivity index (χ2v) is 6.37. The van der Waals surface area contributed by atoms with E-state index in [2.05, 4.69) is 33.1 Å². The predicted octanol–water partition coefficient (Wildman–Crippen LogP) is 1.72. The Bertz CT molecular complexity index is 746. The van der Waals surface area contributed by atoms with Crippen LogP contribution in [0.1, 0.15) is 34.5 Å². The summed E-state index contributed by atoms with van der Waals surface area (Å²) in [6.45, 7) is 3.80. The first kappa shape index (κ1) is 16.4. The molecule has 4 N–H and O–H groups in total. The maximum absolute atomic E-state index is 12.6. The lowest BCUT2D eigenvalue weighted by Gasteiger charge is -2.34. The fourth-order valence-corrected chi connectivity index (χ4v) is 3.21. The van der Waals surface area contributed by atoms with Crippen LogP contribution in [-0.2, 0) is 6.42 Å². The Hall–Kier alpha value is -2.47. The van der Waals surface area contributed by atoms with Gasteiger partial charge in [0.2, 0.25) is 0 Å². The largest absolute Gasteiger partial charge is 0.382 e. The van der Waals surface area contributed by atoms with Crippen molar-refractivity contribution >= 4 is 17.3 Å². The fourth-order valence-electron chi connectivity index (χ4n) is 3.21. The van der Waals surface area contributed by atoms with Gasteiger partial charge >= 0.3 is 0 Å². The van der Waals surface area contributed by atoms with Gasteiger partial charge in [-0.2, -0.15) is 0 Å². The van der Waals surface area contributed by atoms with Gasteiger partial charge in [0.05, 0.1) is 0 Å². The lowest BCUT2D eigenvalue weighted by Crippen LogP contribution is -2.43. The topological polar surface area (TPSA) is 98.1 Å². The summed E-state index contributed by atoms with van der Waals surface area (Å²) in [6.07, 6.45) is 5.35. The number of rotatable bonds is 4. The number of anilines is 2. The van der Waals surface area contributed by atoms with E-state index in [1.165, 1.54) is 12.4 Å². The lowest BCUT2D eigenvalue weighted by molar-refractivity contribution is 0.0989. The number of carbonyl (C=O) groups excluding carboxylic acids is 1. The molecule has 0 spiro atoms. The molecule has 24 heavy (non-hydrogen) atoms. The molecule has 0 saturated carbocycles. The minimum Gasteiger partial charge on any atom is -0.382 e. The summed E-state index contributed by atoms with van der Waals surface area (Å²) in [7, 11) is 0. The summed E-state index contributed by atoms with van der Waals surface area (Å²) in [5.74, 6) is 0.0606. The summed E-state index contributed by atoms with van der Waals surface area (Å²) >= 11 is 0. The average Bonchev–Trinajstić information content (AvgIpc) is 2.55. The van der Waals surface area contributed by atoms with Crippen molar-refractivity contribution in [2.45, 2.75) is 32.2 Å². The van der Waals surface area contributed by atoms with Crippen molar-refractivity contribution in [3.8, 4) is 0 Å². The molecular weight excluding hydrogens is 302 g/mol. The number of Topliss-reactive ketones (excluding diaryl/α,β-unsaturated/α-hetero) is 1. The highest BCUT2D eigenvalue weighted by atomic mass is 16.1. The molecule has 0 radical (unpaired) electrons. The average molecular weight is 325 g/mol. The summed E-state index contributed by atoms with van der Waals surface area (Å²) in [5, 5.41) is 0. The van der Waals surface area contributed by atoms with Crippen LogP contribution in [0.2, 0.25) is 0 Å². The zero-order valence-corrected chi connectivity index (χ0v) is 13.9. The van der Waals surface area contributed by atoms with Gasteiger partial charge < -0.3 is 16.4 Å². The van der Waals surface area contributed by atoms with E-state index in [1.54, 1.807) is 0 Å². The zero-order valence-electron chi connectivity index (χ0n) is 13.9. The molecule has 1 unspecified atom stereocenters. The normalized spacial score (nSPS) is 17.8. The highest BCUT2D eigenvalue weighted by molar-refractivity contribution is 5.99. The Morgan fingerprint density at radius 2 is 2.12 bits per heavy atom. The lowest BCUT2D eigenvalue weighted by atomic mass is 9.99. The van der Waals surface area contributed by atoms with Gasteiger partial charge in [0.15, 0.2) is 11.6 Å². The summed E-state index contributed by atoms with van der Waals surface area (Å²) in [5.41, 5.74) is 15.3. The number of nitrogens with two attached hydrogens (primary N) is 2. The van der Waals surface area contributed by atoms with E-state index < -0.39 is 0 Å². The molecule has 1 aliphatic rings. The van der Waals surface area contributed by atoms with E-state index >= 15 is 0 Å². The number of ketones is 1. The van der Waals surface area contributed by atoms with Crippen LogP contribution in [0.4, 0.5) is 11.5 Å². The summed E-state index contributed by atoms with van der Waals surface area (Å²) < 4.78 is 0. The number of piperidine rings is 1. The first-order valence-corrected chi connectivity index (χ1v) is 8.24.